The van der Waals surface area contributed by atoms with E-state index in [2.05, 4.69) is 25.7 Å². The fourth-order valence-corrected chi connectivity index (χ4v) is 2.79. The lowest BCUT2D eigenvalue weighted by Crippen LogP contribution is -2.46. The second-order valence-electron chi connectivity index (χ2n) is 5.62. The lowest BCUT2D eigenvalue weighted by molar-refractivity contribution is -0.120. The molecule has 2 fully saturated rings. The van der Waals surface area contributed by atoms with Gasteiger partial charge in [-0.3, -0.25) is 9.69 Å². The van der Waals surface area contributed by atoms with Gasteiger partial charge in [-0.05, 0) is 49.2 Å². The largest absolute Gasteiger partial charge is 0.369 e. The van der Waals surface area contributed by atoms with Crippen molar-refractivity contribution in [3.8, 4) is 0 Å². The minimum absolute atomic E-state index is 0.266. The van der Waals surface area contributed by atoms with E-state index < -0.39 is 0 Å². The third-order valence-electron chi connectivity index (χ3n) is 3.98. The molecule has 110 valence electrons. The van der Waals surface area contributed by atoms with E-state index in [9.17, 15) is 4.79 Å². The summed E-state index contributed by atoms with van der Waals surface area (Å²) in [6, 6.07) is 0.816. The number of amides is 1. The zero-order valence-corrected chi connectivity index (χ0v) is 11.5. The maximum Gasteiger partial charge on any atom is 0.231 e. The van der Waals surface area contributed by atoms with Crippen molar-refractivity contribution in [2.75, 3.05) is 19.6 Å². The lowest BCUT2D eigenvalue weighted by atomic mass is 10.0. The van der Waals surface area contributed by atoms with Gasteiger partial charge >= 0.3 is 0 Å². The van der Waals surface area contributed by atoms with Crippen molar-refractivity contribution < 1.29 is 4.79 Å². The van der Waals surface area contributed by atoms with Gasteiger partial charge in [0.1, 0.15) is 0 Å². The van der Waals surface area contributed by atoms with E-state index in [1.165, 1.54) is 0 Å². The van der Waals surface area contributed by atoms with E-state index in [-0.39, 0.29) is 12.5 Å². The van der Waals surface area contributed by atoms with Crippen LogP contribution >= 0.6 is 0 Å². The number of rotatable bonds is 6. The number of hydrogen-bond acceptors (Lipinski definition) is 6. The van der Waals surface area contributed by atoms with Crippen LogP contribution in [0.25, 0.3) is 0 Å². The van der Waals surface area contributed by atoms with Gasteiger partial charge < -0.3 is 11.1 Å². The molecule has 3 N–H and O–H groups in total. The molecule has 0 radical (unpaired) electrons. The number of nitrogens with zero attached hydrogens (tertiary/aromatic N) is 5. The first-order valence-electron chi connectivity index (χ1n) is 7.24. The Morgan fingerprint density at radius 3 is 2.75 bits per heavy atom. The maximum atomic E-state index is 11.3. The monoisotopic (exact) mass is 279 g/mol. The van der Waals surface area contributed by atoms with Crippen LogP contribution in [0.4, 0.5) is 0 Å². The third kappa shape index (κ3) is 3.13. The summed E-state index contributed by atoms with van der Waals surface area (Å²) in [5, 5.41) is 15.3. The molecule has 8 nitrogen and oxygen atoms in total. The predicted molar refractivity (Wildman–Crippen MR) is 71.6 cm³/mol. The Kier molecular flexibility index (Phi) is 3.93. The zero-order chi connectivity index (χ0) is 13.9. The standard InChI is InChI=1S/C12H21N7O/c13-11(20)7-18(9-3-5-14-6-4-9)8-12-15-16-17-19(12)10-1-2-10/h9-10,14H,1-8H2,(H2,13,20). The third-order valence-corrected chi connectivity index (χ3v) is 3.98. The highest BCUT2D eigenvalue weighted by molar-refractivity contribution is 5.75. The Hall–Kier alpha value is -1.54. The summed E-state index contributed by atoms with van der Waals surface area (Å²) in [5.74, 6) is 0.543. The minimum Gasteiger partial charge on any atom is -0.369 e. The minimum atomic E-state index is -0.297. The Balaban J connectivity index is 1.71. The Labute approximate surface area is 117 Å². The molecule has 0 aromatic carbocycles. The van der Waals surface area contributed by atoms with Gasteiger partial charge in [0.05, 0.1) is 19.1 Å². The van der Waals surface area contributed by atoms with Gasteiger partial charge in [0.15, 0.2) is 5.82 Å². The van der Waals surface area contributed by atoms with Crippen LogP contribution in [0.3, 0.4) is 0 Å². The average Bonchev–Trinajstić information content (AvgIpc) is 3.19. The Bertz CT molecular complexity index is 464. The number of carbonyl (C=O) groups excluding carboxylic acids is 1. The Morgan fingerprint density at radius 1 is 1.35 bits per heavy atom. The second-order valence-corrected chi connectivity index (χ2v) is 5.62. The number of hydrogen-bond donors (Lipinski definition) is 2. The fourth-order valence-electron chi connectivity index (χ4n) is 2.79. The number of nitrogens with one attached hydrogen (secondary N) is 1. The highest BCUT2D eigenvalue weighted by Crippen LogP contribution is 2.34. The highest BCUT2D eigenvalue weighted by atomic mass is 16.1. The summed E-state index contributed by atoms with van der Waals surface area (Å²) in [4.78, 5) is 13.4. The van der Waals surface area contributed by atoms with Gasteiger partial charge in [0.2, 0.25) is 5.91 Å². The number of nitrogens with two attached hydrogens (primary N) is 1. The fraction of sp³-hybridized carbons (Fsp3) is 0.833. The van der Waals surface area contributed by atoms with Gasteiger partial charge in [-0.2, -0.15) is 0 Å². The quantitative estimate of drug-likeness (QED) is 0.696. The van der Waals surface area contributed by atoms with Crippen LogP contribution in [0.2, 0.25) is 0 Å². The molecule has 0 spiro atoms. The van der Waals surface area contributed by atoms with E-state index >= 15 is 0 Å². The number of primary amides is 1. The lowest BCUT2D eigenvalue weighted by Gasteiger charge is -2.33. The highest BCUT2D eigenvalue weighted by Gasteiger charge is 2.30. The molecule has 2 aliphatic rings. The van der Waals surface area contributed by atoms with Crippen LogP contribution in [0, 0.1) is 0 Å². The summed E-state index contributed by atoms with van der Waals surface area (Å²) in [6.07, 6.45) is 4.33. The molecule has 1 aromatic heterocycles. The first-order valence-corrected chi connectivity index (χ1v) is 7.24. The normalized spacial score (nSPS) is 20.4. The zero-order valence-electron chi connectivity index (χ0n) is 11.5. The van der Waals surface area contributed by atoms with Crippen molar-refractivity contribution in [3.05, 3.63) is 5.82 Å². The van der Waals surface area contributed by atoms with E-state index in [1.54, 1.807) is 0 Å². The molecule has 0 bridgehead atoms. The number of aromatic nitrogens is 4. The first-order chi connectivity index (χ1) is 9.74. The van der Waals surface area contributed by atoms with Crippen LogP contribution in [0.1, 0.15) is 37.5 Å². The van der Waals surface area contributed by atoms with Crippen LogP contribution in [0.5, 0.6) is 0 Å². The SMILES string of the molecule is NC(=O)CN(Cc1nnnn1C1CC1)C1CCNCC1. The summed E-state index contributed by atoms with van der Waals surface area (Å²) in [7, 11) is 0. The summed E-state index contributed by atoms with van der Waals surface area (Å²) in [5.41, 5.74) is 5.38. The maximum absolute atomic E-state index is 11.3. The molecule has 20 heavy (non-hydrogen) atoms. The number of piperidine rings is 1. The second kappa shape index (κ2) is 5.84. The van der Waals surface area contributed by atoms with Crippen LogP contribution < -0.4 is 11.1 Å². The molecule has 0 unspecified atom stereocenters. The molecule has 2 heterocycles. The van der Waals surface area contributed by atoms with E-state index in [4.69, 9.17) is 5.73 Å². The summed E-state index contributed by atoms with van der Waals surface area (Å²) >= 11 is 0. The topological polar surface area (TPSA) is 102 Å². The van der Waals surface area contributed by atoms with Crippen LogP contribution in [-0.4, -0.2) is 56.7 Å². The van der Waals surface area contributed by atoms with Crippen LogP contribution in [-0.2, 0) is 11.3 Å². The van der Waals surface area contributed by atoms with E-state index in [0.717, 1.165) is 44.6 Å². The van der Waals surface area contributed by atoms with E-state index in [1.807, 2.05) is 4.68 Å². The molecule has 3 rings (SSSR count). The molecule has 1 saturated heterocycles. The molecule has 8 heteroatoms. The van der Waals surface area contributed by atoms with Gasteiger partial charge in [-0.25, -0.2) is 4.68 Å². The molecule has 0 atom stereocenters. The van der Waals surface area contributed by atoms with Crippen molar-refractivity contribution in [1.82, 2.24) is 30.4 Å². The van der Waals surface area contributed by atoms with Crippen LogP contribution in [0.15, 0.2) is 0 Å². The van der Waals surface area contributed by atoms with Crippen molar-refractivity contribution >= 4 is 5.91 Å². The van der Waals surface area contributed by atoms with Crippen molar-refractivity contribution in [2.45, 2.75) is 44.3 Å². The smallest absolute Gasteiger partial charge is 0.231 e. The summed E-state index contributed by atoms with van der Waals surface area (Å²) < 4.78 is 1.90. The predicted octanol–water partition coefficient (Wildman–Crippen LogP) is -0.953. The first kappa shape index (κ1) is 13.4. The number of carbonyl (C=O) groups is 1. The summed E-state index contributed by atoms with van der Waals surface area (Å²) in [6.45, 7) is 2.82. The molecule has 1 aromatic rings. The van der Waals surface area contributed by atoms with E-state index in [0.29, 0.717) is 18.6 Å². The van der Waals surface area contributed by atoms with Gasteiger partial charge in [0, 0.05) is 6.04 Å². The van der Waals surface area contributed by atoms with Gasteiger partial charge in [-0.15, -0.1) is 5.10 Å². The average molecular weight is 279 g/mol. The Morgan fingerprint density at radius 2 is 2.10 bits per heavy atom. The van der Waals surface area contributed by atoms with Gasteiger partial charge in [-0.1, -0.05) is 0 Å². The van der Waals surface area contributed by atoms with Crippen molar-refractivity contribution in [1.29, 1.82) is 0 Å². The molecule has 1 aliphatic carbocycles. The van der Waals surface area contributed by atoms with Crippen molar-refractivity contribution in [2.24, 2.45) is 5.73 Å². The molecule has 1 saturated carbocycles. The molecular weight excluding hydrogens is 258 g/mol. The molecule has 1 aliphatic heterocycles. The molecular formula is C12H21N7O. The number of tetrazole rings is 1. The molecule has 1 amide bonds. The van der Waals surface area contributed by atoms with Gasteiger partial charge in [0.25, 0.3) is 0 Å². The van der Waals surface area contributed by atoms with Crippen molar-refractivity contribution in [3.63, 3.8) is 0 Å².